The molecule has 15 heavy (non-hydrogen) atoms. The lowest BCUT2D eigenvalue weighted by Crippen LogP contribution is -2.64. The van der Waals surface area contributed by atoms with Crippen molar-refractivity contribution in [2.45, 2.75) is 23.9 Å². The van der Waals surface area contributed by atoms with E-state index in [2.05, 4.69) is 4.74 Å². The highest BCUT2D eigenvalue weighted by molar-refractivity contribution is 5.84. The van der Waals surface area contributed by atoms with Gasteiger partial charge < -0.3 is 24.8 Å². The Morgan fingerprint density at radius 3 is 2.67 bits per heavy atom. The molecule has 0 aliphatic carbocycles. The summed E-state index contributed by atoms with van der Waals surface area (Å²) in [6, 6.07) is 0. The first-order chi connectivity index (χ1) is 6.99. The molecule has 1 heterocycles. The van der Waals surface area contributed by atoms with Gasteiger partial charge in [0, 0.05) is 0 Å². The number of hydrogen-bond acceptors (Lipinski definition) is 6. The van der Waals surface area contributed by atoms with Gasteiger partial charge in [0.2, 0.25) is 0 Å². The molecular formula is C9H12O6. The number of carbonyl (C=O) groups is 1. The fourth-order valence-corrected chi connectivity index (χ4v) is 1.37. The number of aliphatic hydroxyl groups is 3. The molecule has 84 valence electrons. The van der Waals surface area contributed by atoms with E-state index in [9.17, 15) is 20.1 Å². The largest absolute Gasteiger partial charge is 0.466 e. The van der Waals surface area contributed by atoms with Crippen LogP contribution < -0.4 is 0 Å². The zero-order valence-corrected chi connectivity index (χ0v) is 8.08. The van der Waals surface area contributed by atoms with E-state index in [0.717, 1.165) is 7.11 Å². The molecule has 0 saturated carbocycles. The summed E-state index contributed by atoms with van der Waals surface area (Å²) in [6.45, 7) is -0.350. The molecule has 1 saturated heterocycles. The van der Waals surface area contributed by atoms with Crippen molar-refractivity contribution in [2.75, 3.05) is 13.7 Å². The van der Waals surface area contributed by atoms with E-state index < -0.39 is 29.9 Å². The Labute approximate surface area is 86.4 Å². The molecule has 0 bridgehead atoms. The maximum Gasteiger partial charge on any atom is 0.353 e. The minimum atomic E-state index is -2.05. The van der Waals surface area contributed by atoms with Gasteiger partial charge in [-0.05, 0) is 0 Å². The summed E-state index contributed by atoms with van der Waals surface area (Å²) in [5.74, 6) is 0.968. The Balaban J connectivity index is 3.02. The number of esters is 1. The second kappa shape index (κ2) is 4.16. The molecule has 1 aliphatic heterocycles. The molecule has 0 unspecified atom stereocenters. The minimum absolute atomic E-state index is 0.350. The summed E-state index contributed by atoms with van der Waals surface area (Å²) in [4.78, 5) is 11.3. The molecular weight excluding hydrogens is 204 g/mol. The number of aliphatic hydroxyl groups excluding tert-OH is 3. The van der Waals surface area contributed by atoms with Crippen LogP contribution in [0.25, 0.3) is 0 Å². The van der Waals surface area contributed by atoms with Gasteiger partial charge in [-0.2, -0.15) is 0 Å². The van der Waals surface area contributed by atoms with Crippen LogP contribution in [0.5, 0.6) is 0 Å². The lowest BCUT2D eigenvalue weighted by molar-refractivity contribution is -0.225. The Bertz CT molecular complexity index is 295. The molecule has 6 heteroatoms. The molecule has 1 rings (SSSR count). The lowest BCUT2D eigenvalue weighted by atomic mass is 9.88. The molecule has 0 amide bonds. The molecule has 0 aromatic rings. The molecule has 0 aromatic carbocycles. The molecule has 4 atom stereocenters. The fourth-order valence-electron chi connectivity index (χ4n) is 1.37. The summed E-state index contributed by atoms with van der Waals surface area (Å²) in [5, 5.41) is 28.1. The van der Waals surface area contributed by atoms with Gasteiger partial charge in [-0.1, -0.05) is 5.92 Å². The zero-order chi connectivity index (χ0) is 11.6. The van der Waals surface area contributed by atoms with Crippen LogP contribution >= 0.6 is 0 Å². The number of terminal acetylenes is 1. The first-order valence-corrected chi connectivity index (χ1v) is 4.24. The third-order valence-corrected chi connectivity index (χ3v) is 2.32. The highest BCUT2D eigenvalue weighted by Crippen LogP contribution is 2.26. The van der Waals surface area contributed by atoms with Crippen molar-refractivity contribution >= 4 is 5.97 Å². The van der Waals surface area contributed by atoms with Gasteiger partial charge >= 0.3 is 5.97 Å². The molecule has 0 aromatic heterocycles. The van der Waals surface area contributed by atoms with Gasteiger partial charge in [0.25, 0.3) is 5.60 Å². The monoisotopic (exact) mass is 216 g/mol. The van der Waals surface area contributed by atoms with Crippen molar-refractivity contribution in [2.24, 2.45) is 0 Å². The predicted molar refractivity (Wildman–Crippen MR) is 47.6 cm³/mol. The smallest absolute Gasteiger partial charge is 0.353 e. The quantitative estimate of drug-likeness (QED) is 0.335. The van der Waals surface area contributed by atoms with Crippen LogP contribution in [0.15, 0.2) is 0 Å². The van der Waals surface area contributed by atoms with Crippen molar-refractivity contribution in [3.63, 3.8) is 0 Å². The Kier molecular flexibility index (Phi) is 3.31. The van der Waals surface area contributed by atoms with Crippen molar-refractivity contribution in [1.29, 1.82) is 0 Å². The fraction of sp³-hybridized carbons (Fsp3) is 0.667. The molecule has 0 spiro atoms. The number of ether oxygens (including phenoxy) is 2. The van der Waals surface area contributed by atoms with Crippen LogP contribution in [0.4, 0.5) is 0 Å². The normalized spacial score (nSPS) is 40.6. The van der Waals surface area contributed by atoms with E-state index >= 15 is 0 Å². The Morgan fingerprint density at radius 1 is 1.60 bits per heavy atom. The van der Waals surface area contributed by atoms with Crippen LogP contribution in [-0.2, 0) is 14.3 Å². The van der Waals surface area contributed by atoms with Gasteiger partial charge in [-0.25, -0.2) is 4.79 Å². The summed E-state index contributed by atoms with van der Waals surface area (Å²) >= 11 is 0. The van der Waals surface area contributed by atoms with E-state index in [4.69, 9.17) is 11.2 Å². The van der Waals surface area contributed by atoms with Crippen LogP contribution in [0.3, 0.4) is 0 Å². The van der Waals surface area contributed by atoms with Crippen LogP contribution in [0, 0.1) is 12.3 Å². The lowest BCUT2D eigenvalue weighted by Gasteiger charge is -2.39. The number of methoxy groups -OCH3 is 1. The number of hydrogen-bond donors (Lipinski definition) is 3. The standard InChI is InChI=1S/C9H12O6/c1-3-9(8(13)14-2)7(12)6(11)5(10)4-15-9/h1,5-7,10-12H,4H2,2H3/t5-,6-,7+,9+/m1/s1. The summed E-state index contributed by atoms with van der Waals surface area (Å²) < 4.78 is 9.27. The van der Waals surface area contributed by atoms with Gasteiger partial charge in [-0.15, -0.1) is 6.42 Å². The maximum atomic E-state index is 11.3. The maximum absolute atomic E-state index is 11.3. The average molecular weight is 216 g/mol. The zero-order valence-electron chi connectivity index (χ0n) is 8.08. The minimum Gasteiger partial charge on any atom is -0.466 e. The molecule has 6 nitrogen and oxygen atoms in total. The van der Waals surface area contributed by atoms with Gasteiger partial charge in [-0.3, -0.25) is 0 Å². The van der Waals surface area contributed by atoms with E-state index in [0.29, 0.717) is 0 Å². The predicted octanol–water partition coefficient (Wildman–Crippen LogP) is -2.36. The summed E-state index contributed by atoms with van der Waals surface area (Å²) in [5.41, 5.74) is -2.05. The van der Waals surface area contributed by atoms with Gasteiger partial charge in [0.05, 0.1) is 13.7 Å². The summed E-state index contributed by atoms with van der Waals surface area (Å²) in [6.07, 6.45) is 0.527. The third kappa shape index (κ3) is 1.70. The summed E-state index contributed by atoms with van der Waals surface area (Å²) in [7, 11) is 1.08. The van der Waals surface area contributed by atoms with E-state index in [-0.39, 0.29) is 6.61 Å². The number of rotatable bonds is 1. The van der Waals surface area contributed by atoms with E-state index in [1.54, 1.807) is 0 Å². The van der Waals surface area contributed by atoms with Crippen LogP contribution in [0.2, 0.25) is 0 Å². The second-order valence-corrected chi connectivity index (χ2v) is 3.19. The Morgan fingerprint density at radius 2 is 2.20 bits per heavy atom. The van der Waals surface area contributed by atoms with Crippen molar-refractivity contribution in [1.82, 2.24) is 0 Å². The number of carbonyl (C=O) groups excluding carboxylic acids is 1. The van der Waals surface area contributed by atoms with Gasteiger partial charge in [0.1, 0.15) is 18.3 Å². The van der Waals surface area contributed by atoms with E-state index in [1.165, 1.54) is 0 Å². The molecule has 1 aliphatic rings. The molecule has 1 fully saturated rings. The molecule has 0 radical (unpaired) electrons. The van der Waals surface area contributed by atoms with Gasteiger partial charge in [0.15, 0.2) is 0 Å². The van der Waals surface area contributed by atoms with Crippen LogP contribution in [0.1, 0.15) is 0 Å². The highest BCUT2D eigenvalue weighted by Gasteiger charge is 2.54. The SMILES string of the molecule is C#C[C@]1(C(=O)OC)OC[C@@H](O)[C@@H](O)[C@@H]1O. The van der Waals surface area contributed by atoms with Crippen molar-refractivity contribution in [3.05, 3.63) is 0 Å². The first kappa shape index (κ1) is 11.9. The highest BCUT2D eigenvalue weighted by atomic mass is 16.6. The van der Waals surface area contributed by atoms with Crippen LogP contribution in [-0.4, -0.2) is 58.9 Å². The van der Waals surface area contributed by atoms with E-state index in [1.807, 2.05) is 5.92 Å². The Hall–Kier alpha value is -1.13. The second-order valence-electron chi connectivity index (χ2n) is 3.19. The first-order valence-electron chi connectivity index (χ1n) is 4.24. The average Bonchev–Trinajstić information content (AvgIpc) is 2.26. The third-order valence-electron chi connectivity index (χ3n) is 2.32. The molecule has 3 N–H and O–H groups in total. The topological polar surface area (TPSA) is 96.2 Å². The van der Waals surface area contributed by atoms with Crippen molar-refractivity contribution in [3.8, 4) is 12.3 Å². The van der Waals surface area contributed by atoms with Crippen molar-refractivity contribution < 1.29 is 29.6 Å².